The first-order chi connectivity index (χ1) is 16.3. The van der Waals surface area contributed by atoms with Crippen LogP contribution in [0, 0.1) is 9.42 Å². The van der Waals surface area contributed by atoms with Crippen molar-refractivity contribution in [3.05, 3.63) is 28.5 Å². The molecule has 2 N–H and O–H groups in total. The van der Waals surface area contributed by atoms with Gasteiger partial charge in [-0.15, -0.1) is 0 Å². The van der Waals surface area contributed by atoms with Crippen molar-refractivity contribution < 1.29 is 8.95 Å². The van der Waals surface area contributed by atoms with Gasteiger partial charge in [-0.25, -0.2) is 18.3 Å². The van der Waals surface area contributed by atoms with Crippen LogP contribution in [0.3, 0.4) is 0 Å². The second kappa shape index (κ2) is 10.1. The molecule has 1 fully saturated rings. The minimum atomic E-state index is -3.15. The Hall–Kier alpha value is -2.34. The number of benzene rings is 1. The molecule has 1 aliphatic rings. The number of nitrogens with one attached hydrogen (secondary N) is 2. The fourth-order valence-corrected chi connectivity index (χ4v) is 6.23. The molecule has 1 unspecified atom stereocenters. The number of piperazine rings is 1. The van der Waals surface area contributed by atoms with Gasteiger partial charge in [0.2, 0.25) is 0 Å². The maximum atomic E-state index is 13.7. The molecule has 0 bridgehead atoms. The van der Waals surface area contributed by atoms with Crippen molar-refractivity contribution in [2.24, 2.45) is 7.05 Å². The average Bonchev–Trinajstić information content (AvgIpc) is 3.15. The first-order valence-electron chi connectivity index (χ1n) is 11.8. The summed E-state index contributed by atoms with van der Waals surface area (Å²) in [6.07, 6.45) is 1.77. The van der Waals surface area contributed by atoms with Crippen LogP contribution in [0.25, 0.3) is 22.4 Å². The first-order valence-corrected chi connectivity index (χ1v) is 13.7. The summed E-state index contributed by atoms with van der Waals surface area (Å²) in [5.41, 5.74) is 3.22. The van der Waals surface area contributed by atoms with Crippen LogP contribution in [0.15, 0.2) is 23.1 Å². The van der Waals surface area contributed by atoms with Gasteiger partial charge in [-0.3, -0.25) is 4.68 Å². The number of aromatic amines is 1. The molecule has 1 aliphatic heterocycles. The molecule has 4 rings (SSSR count). The van der Waals surface area contributed by atoms with Gasteiger partial charge in [0.1, 0.15) is 27.0 Å². The number of aryl methyl sites for hydroxylation is 2. The van der Waals surface area contributed by atoms with Gasteiger partial charge in [0, 0.05) is 33.2 Å². The van der Waals surface area contributed by atoms with Gasteiger partial charge in [0.25, 0.3) is 0 Å². The van der Waals surface area contributed by atoms with E-state index in [4.69, 9.17) is 21.7 Å². The van der Waals surface area contributed by atoms with E-state index in [0.29, 0.717) is 46.4 Å². The number of nitrogens with zero attached hydrogens (tertiary/aromatic N) is 5. The highest BCUT2D eigenvalue weighted by molar-refractivity contribution is 7.90. The molecular weight excluding hydrogens is 470 g/mol. The van der Waals surface area contributed by atoms with E-state index < -0.39 is 9.92 Å². The van der Waals surface area contributed by atoms with Crippen LogP contribution in [0.1, 0.15) is 32.9 Å². The van der Waals surface area contributed by atoms with Gasteiger partial charge in [-0.2, -0.15) is 5.10 Å². The Morgan fingerprint density at radius 3 is 2.59 bits per heavy atom. The summed E-state index contributed by atoms with van der Waals surface area (Å²) in [6, 6.07) is 5.28. The summed E-state index contributed by atoms with van der Waals surface area (Å²) in [7, 11) is -1.29. The van der Waals surface area contributed by atoms with E-state index in [1.54, 1.807) is 27.2 Å². The minimum Gasteiger partial charge on any atom is -0.493 e. The second-order valence-corrected chi connectivity index (χ2v) is 10.8. The standard InChI is InChI=1S/C23H33N7O2S2/c1-5-8-18-20-21(28(4)27-18)23(33)26-22(25-20)17-15-16(9-10-19(17)32-7-3)34(24,31)30-13-11-29(6-2)12-14-30/h9-10,15,24H,5-8,11-14H2,1-4H3,(H,25,26,33). The largest absolute Gasteiger partial charge is 0.493 e. The molecule has 0 aliphatic carbocycles. The van der Waals surface area contributed by atoms with Crippen molar-refractivity contribution in [3.63, 3.8) is 0 Å². The molecule has 11 heteroatoms. The predicted octanol–water partition coefficient (Wildman–Crippen LogP) is 4.00. The highest BCUT2D eigenvalue weighted by Crippen LogP contribution is 2.33. The van der Waals surface area contributed by atoms with Crippen molar-refractivity contribution >= 4 is 33.2 Å². The second-order valence-electron chi connectivity index (χ2n) is 8.41. The van der Waals surface area contributed by atoms with Crippen LogP contribution in [-0.2, 0) is 23.4 Å². The number of ether oxygens (including phenoxy) is 1. The molecule has 0 saturated carbocycles. The number of hydrogen-bond acceptors (Lipinski definition) is 7. The van der Waals surface area contributed by atoms with Gasteiger partial charge in [-0.05, 0) is 38.1 Å². The van der Waals surface area contributed by atoms with E-state index in [1.165, 1.54) is 0 Å². The van der Waals surface area contributed by atoms with Crippen LogP contribution < -0.4 is 4.74 Å². The molecule has 3 aromatic rings. The Morgan fingerprint density at radius 1 is 1.21 bits per heavy atom. The number of aromatic nitrogens is 4. The van der Waals surface area contributed by atoms with Gasteiger partial charge < -0.3 is 14.6 Å². The summed E-state index contributed by atoms with van der Waals surface area (Å²) in [6.45, 7) is 10.4. The molecule has 34 heavy (non-hydrogen) atoms. The average molecular weight is 504 g/mol. The molecular formula is C23H33N7O2S2. The lowest BCUT2D eigenvalue weighted by molar-refractivity contribution is 0.199. The van der Waals surface area contributed by atoms with Crippen molar-refractivity contribution in [3.8, 4) is 17.1 Å². The molecule has 9 nitrogen and oxygen atoms in total. The SMILES string of the molecule is CCCc1nn(C)c2c(=S)nc(-c3cc(S(=N)(=O)N4CCN(CC)CC4)ccc3OCC)[nH]c12. The van der Waals surface area contributed by atoms with Crippen LogP contribution in [-0.4, -0.2) is 72.5 Å². The summed E-state index contributed by atoms with van der Waals surface area (Å²) >= 11 is 5.63. The number of hydrogen-bond donors (Lipinski definition) is 2. The lowest BCUT2D eigenvalue weighted by Gasteiger charge is -2.34. The van der Waals surface area contributed by atoms with Gasteiger partial charge in [0.15, 0.2) is 4.64 Å². The molecule has 0 amide bonds. The van der Waals surface area contributed by atoms with Crippen molar-refractivity contribution in [1.82, 2.24) is 29.0 Å². The van der Waals surface area contributed by atoms with Crippen molar-refractivity contribution in [1.29, 1.82) is 4.78 Å². The Kier molecular flexibility index (Phi) is 7.36. The highest BCUT2D eigenvalue weighted by atomic mass is 32.2. The Balaban J connectivity index is 1.82. The van der Waals surface area contributed by atoms with Gasteiger partial charge >= 0.3 is 0 Å². The molecule has 2 aromatic heterocycles. The van der Waals surface area contributed by atoms with E-state index in [9.17, 15) is 4.21 Å². The third-order valence-electron chi connectivity index (χ3n) is 6.23. The van der Waals surface area contributed by atoms with E-state index >= 15 is 0 Å². The smallest absolute Gasteiger partial charge is 0.156 e. The predicted molar refractivity (Wildman–Crippen MR) is 137 cm³/mol. The third-order valence-corrected chi connectivity index (χ3v) is 8.50. The lowest BCUT2D eigenvalue weighted by Crippen LogP contribution is -2.48. The number of fused-ring (bicyclic) bond motifs is 1. The third kappa shape index (κ3) is 4.61. The van der Waals surface area contributed by atoms with E-state index in [0.717, 1.165) is 49.2 Å². The summed E-state index contributed by atoms with van der Waals surface area (Å²) < 4.78 is 32.4. The quantitative estimate of drug-likeness (QED) is 0.451. The summed E-state index contributed by atoms with van der Waals surface area (Å²) in [5, 5.41) is 4.63. The maximum absolute atomic E-state index is 13.7. The Labute approximate surface area is 206 Å². The summed E-state index contributed by atoms with van der Waals surface area (Å²) in [4.78, 5) is 10.8. The molecule has 0 spiro atoms. The van der Waals surface area contributed by atoms with E-state index in [-0.39, 0.29) is 0 Å². The van der Waals surface area contributed by atoms with Gasteiger partial charge in [0.05, 0.1) is 28.3 Å². The molecule has 184 valence electrons. The van der Waals surface area contributed by atoms with Gasteiger partial charge in [-0.1, -0.05) is 32.5 Å². The number of likely N-dealkylation sites (N-methyl/N-ethyl adjacent to an activating group) is 1. The Morgan fingerprint density at radius 2 is 1.94 bits per heavy atom. The zero-order valence-electron chi connectivity index (χ0n) is 20.3. The fraction of sp³-hybridized carbons (Fsp3) is 0.522. The lowest BCUT2D eigenvalue weighted by atomic mass is 10.1. The molecule has 3 heterocycles. The molecule has 0 radical (unpaired) electrons. The highest BCUT2D eigenvalue weighted by Gasteiger charge is 2.26. The normalized spacial score (nSPS) is 17.2. The Bertz CT molecular complexity index is 1340. The number of rotatable bonds is 8. The molecule has 1 aromatic carbocycles. The topological polar surface area (TPSA) is 103 Å². The van der Waals surface area contributed by atoms with Crippen LogP contribution in [0.5, 0.6) is 5.75 Å². The van der Waals surface area contributed by atoms with Crippen LogP contribution in [0.4, 0.5) is 0 Å². The monoisotopic (exact) mass is 503 g/mol. The maximum Gasteiger partial charge on any atom is 0.156 e. The fourth-order valence-electron chi connectivity index (χ4n) is 4.40. The molecule has 1 saturated heterocycles. The number of H-pyrrole nitrogens is 1. The van der Waals surface area contributed by atoms with Crippen LogP contribution in [0.2, 0.25) is 0 Å². The van der Waals surface area contributed by atoms with Crippen LogP contribution >= 0.6 is 12.2 Å². The minimum absolute atomic E-state index is 0.441. The zero-order chi connectivity index (χ0) is 24.5. The molecule has 1 atom stereocenters. The van der Waals surface area contributed by atoms with E-state index in [1.807, 2.05) is 14.0 Å². The van der Waals surface area contributed by atoms with Crippen molar-refractivity contribution in [2.45, 2.75) is 38.5 Å². The van der Waals surface area contributed by atoms with E-state index in [2.05, 4.69) is 33.8 Å². The first kappa shape index (κ1) is 24.8. The summed E-state index contributed by atoms with van der Waals surface area (Å²) in [5.74, 6) is 1.13. The zero-order valence-corrected chi connectivity index (χ0v) is 21.9. The van der Waals surface area contributed by atoms with Crippen molar-refractivity contribution in [2.75, 3.05) is 39.3 Å².